The number of hydrogen-bond acceptors (Lipinski definition) is 3. The summed E-state index contributed by atoms with van der Waals surface area (Å²) in [6, 6.07) is 5.09. The van der Waals surface area contributed by atoms with E-state index in [0.29, 0.717) is 5.56 Å². The summed E-state index contributed by atoms with van der Waals surface area (Å²) in [5, 5.41) is 9.08. The van der Waals surface area contributed by atoms with Gasteiger partial charge in [0.2, 0.25) is 0 Å². The van der Waals surface area contributed by atoms with Crippen molar-refractivity contribution in [1.82, 2.24) is 14.5 Å². The highest BCUT2D eigenvalue weighted by molar-refractivity contribution is 5.92. The van der Waals surface area contributed by atoms with E-state index in [4.69, 9.17) is 5.11 Å². The Kier molecular flexibility index (Phi) is 3.85. The van der Waals surface area contributed by atoms with E-state index in [1.165, 1.54) is 0 Å². The molecule has 0 amide bonds. The summed E-state index contributed by atoms with van der Waals surface area (Å²) in [4.78, 5) is 17.7. The van der Waals surface area contributed by atoms with Crippen molar-refractivity contribution in [1.29, 1.82) is 0 Å². The lowest BCUT2D eigenvalue weighted by atomic mass is 10.2. The number of nitrogens with zero attached hydrogens (tertiary/aromatic N) is 3. The van der Waals surface area contributed by atoms with Crippen molar-refractivity contribution in [2.24, 2.45) is 0 Å². The zero-order valence-corrected chi connectivity index (χ0v) is 11.6. The van der Waals surface area contributed by atoms with Crippen LogP contribution in [0.4, 0.5) is 0 Å². The number of imidazole rings is 1. The van der Waals surface area contributed by atoms with Crippen molar-refractivity contribution in [2.75, 3.05) is 14.1 Å². The first-order chi connectivity index (χ1) is 9.02. The lowest BCUT2D eigenvalue weighted by molar-refractivity contribution is 0.0697. The van der Waals surface area contributed by atoms with E-state index in [1.54, 1.807) is 18.2 Å². The predicted molar refractivity (Wildman–Crippen MR) is 74.4 cm³/mol. The van der Waals surface area contributed by atoms with E-state index in [2.05, 4.69) is 21.4 Å². The topological polar surface area (TPSA) is 58.4 Å². The molecular formula is C14H19N3O2. The van der Waals surface area contributed by atoms with E-state index in [0.717, 1.165) is 36.4 Å². The highest BCUT2D eigenvalue weighted by Gasteiger charge is 2.13. The van der Waals surface area contributed by atoms with Gasteiger partial charge in [-0.15, -0.1) is 0 Å². The van der Waals surface area contributed by atoms with Crippen LogP contribution in [0.2, 0.25) is 0 Å². The van der Waals surface area contributed by atoms with Crippen LogP contribution in [0.1, 0.15) is 29.5 Å². The minimum absolute atomic E-state index is 0.307. The molecule has 1 aromatic heterocycles. The molecular weight excluding hydrogens is 242 g/mol. The number of rotatable bonds is 5. The van der Waals surface area contributed by atoms with E-state index >= 15 is 0 Å². The van der Waals surface area contributed by atoms with Crippen LogP contribution in [0.15, 0.2) is 18.2 Å². The largest absolute Gasteiger partial charge is 0.478 e. The fraction of sp³-hybridized carbons (Fsp3) is 0.429. The standard InChI is InChI=1S/C14H19N3O2/c1-4-7-17-12-8-10(14(18)19)5-6-11(12)15-13(17)9-16(2)3/h5-6,8H,4,7,9H2,1-3H3,(H,18,19). The molecule has 0 aliphatic rings. The highest BCUT2D eigenvalue weighted by Crippen LogP contribution is 2.19. The van der Waals surface area contributed by atoms with E-state index in [1.807, 2.05) is 14.1 Å². The first kappa shape index (κ1) is 13.5. The van der Waals surface area contributed by atoms with E-state index < -0.39 is 5.97 Å². The summed E-state index contributed by atoms with van der Waals surface area (Å²) in [6.07, 6.45) is 0.989. The molecule has 2 rings (SSSR count). The maximum Gasteiger partial charge on any atom is 0.335 e. The molecule has 5 nitrogen and oxygen atoms in total. The van der Waals surface area contributed by atoms with Crippen molar-refractivity contribution in [3.05, 3.63) is 29.6 Å². The third-order valence-electron chi connectivity index (χ3n) is 2.98. The van der Waals surface area contributed by atoms with Crippen molar-refractivity contribution >= 4 is 17.0 Å². The Bertz CT molecular complexity index is 602. The zero-order chi connectivity index (χ0) is 14.0. The molecule has 0 fully saturated rings. The van der Waals surface area contributed by atoms with Gasteiger partial charge in [-0.25, -0.2) is 9.78 Å². The molecule has 0 saturated carbocycles. The number of fused-ring (bicyclic) bond motifs is 1. The Morgan fingerprint density at radius 1 is 1.42 bits per heavy atom. The van der Waals surface area contributed by atoms with Gasteiger partial charge in [0.1, 0.15) is 5.82 Å². The van der Waals surface area contributed by atoms with Crippen LogP contribution in [0.25, 0.3) is 11.0 Å². The Morgan fingerprint density at radius 2 is 2.16 bits per heavy atom. The normalized spacial score (nSPS) is 11.4. The number of aryl methyl sites for hydroxylation is 1. The van der Waals surface area contributed by atoms with Gasteiger partial charge >= 0.3 is 5.97 Å². The Labute approximate surface area is 112 Å². The number of aromatic nitrogens is 2. The van der Waals surface area contributed by atoms with Gasteiger partial charge in [0.25, 0.3) is 0 Å². The number of carboxylic acid groups (broad SMARTS) is 1. The summed E-state index contributed by atoms with van der Waals surface area (Å²) in [5.74, 6) is 0.0738. The second-order valence-corrected chi connectivity index (χ2v) is 4.93. The van der Waals surface area contributed by atoms with Gasteiger partial charge < -0.3 is 14.6 Å². The van der Waals surface area contributed by atoms with Gasteiger partial charge in [0.15, 0.2) is 0 Å². The first-order valence-electron chi connectivity index (χ1n) is 6.40. The summed E-state index contributed by atoms with van der Waals surface area (Å²) in [7, 11) is 4.00. The molecule has 5 heteroatoms. The van der Waals surface area contributed by atoms with Crippen LogP contribution >= 0.6 is 0 Å². The molecule has 0 saturated heterocycles. The number of carboxylic acids is 1. The third-order valence-corrected chi connectivity index (χ3v) is 2.98. The maximum atomic E-state index is 11.1. The van der Waals surface area contributed by atoms with Gasteiger partial charge in [0, 0.05) is 6.54 Å². The molecule has 0 aliphatic carbocycles. The van der Waals surface area contributed by atoms with Crippen molar-refractivity contribution < 1.29 is 9.90 Å². The minimum Gasteiger partial charge on any atom is -0.478 e. The number of hydrogen-bond donors (Lipinski definition) is 1. The second-order valence-electron chi connectivity index (χ2n) is 4.93. The summed E-state index contributed by atoms with van der Waals surface area (Å²) < 4.78 is 2.11. The summed E-state index contributed by atoms with van der Waals surface area (Å²) >= 11 is 0. The number of carbonyl (C=O) groups is 1. The fourth-order valence-electron chi connectivity index (χ4n) is 2.18. The lowest BCUT2D eigenvalue weighted by Gasteiger charge is -2.12. The van der Waals surface area contributed by atoms with Crippen molar-refractivity contribution in [2.45, 2.75) is 26.4 Å². The fourth-order valence-corrected chi connectivity index (χ4v) is 2.18. The molecule has 0 unspecified atom stereocenters. The number of benzene rings is 1. The monoisotopic (exact) mass is 261 g/mol. The molecule has 0 bridgehead atoms. The van der Waals surface area contributed by atoms with Crippen LogP contribution in [0.3, 0.4) is 0 Å². The Balaban J connectivity index is 2.57. The van der Waals surface area contributed by atoms with Crippen LogP contribution < -0.4 is 0 Å². The number of aromatic carboxylic acids is 1. The van der Waals surface area contributed by atoms with Crippen LogP contribution in [0, 0.1) is 0 Å². The quantitative estimate of drug-likeness (QED) is 0.896. The summed E-state index contributed by atoms with van der Waals surface area (Å²) in [6.45, 7) is 3.70. The predicted octanol–water partition coefficient (Wildman–Crippen LogP) is 2.21. The Morgan fingerprint density at radius 3 is 2.74 bits per heavy atom. The van der Waals surface area contributed by atoms with Crippen LogP contribution in [0.5, 0.6) is 0 Å². The molecule has 1 aromatic carbocycles. The van der Waals surface area contributed by atoms with Gasteiger partial charge in [-0.2, -0.15) is 0 Å². The lowest BCUT2D eigenvalue weighted by Crippen LogP contribution is -2.15. The van der Waals surface area contributed by atoms with Gasteiger partial charge in [0.05, 0.1) is 23.1 Å². The van der Waals surface area contributed by atoms with Crippen molar-refractivity contribution in [3.8, 4) is 0 Å². The third kappa shape index (κ3) is 2.76. The highest BCUT2D eigenvalue weighted by atomic mass is 16.4. The molecule has 0 radical (unpaired) electrons. The van der Waals surface area contributed by atoms with Gasteiger partial charge in [-0.05, 0) is 38.7 Å². The average molecular weight is 261 g/mol. The van der Waals surface area contributed by atoms with Crippen molar-refractivity contribution in [3.63, 3.8) is 0 Å². The zero-order valence-electron chi connectivity index (χ0n) is 11.6. The average Bonchev–Trinajstić information content (AvgIpc) is 2.66. The molecule has 0 atom stereocenters. The first-order valence-corrected chi connectivity index (χ1v) is 6.40. The maximum absolute atomic E-state index is 11.1. The smallest absolute Gasteiger partial charge is 0.335 e. The minimum atomic E-state index is -0.902. The summed E-state index contributed by atoms with van der Waals surface area (Å²) in [5.41, 5.74) is 2.06. The molecule has 19 heavy (non-hydrogen) atoms. The Hall–Kier alpha value is -1.88. The molecule has 102 valence electrons. The van der Waals surface area contributed by atoms with E-state index in [-0.39, 0.29) is 0 Å². The van der Waals surface area contributed by atoms with Crippen LogP contribution in [-0.2, 0) is 13.1 Å². The SMILES string of the molecule is CCCn1c(CN(C)C)nc2ccc(C(=O)O)cc21. The van der Waals surface area contributed by atoms with Gasteiger partial charge in [-0.1, -0.05) is 6.92 Å². The molecule has 1 N–H and O–H groups in total. The van der Waals surface area contributed by atoms with Gasteiger partial charge in [-0.3, -0.25) is 0 Å². The molecule has 0 spiro atoms. The van der Waals surface area contributed by atoms with E-state index in [9.17, 15) is 4.79 Å². The molecule has 0 aliphatic heterocycles. The van der Waals surface area contributed by atoms with Crippen LogP contribution in [-0.4, -0.2) is 39.6 Å². The molecule has 2 aromatic rings. The molecule has 1 heterocycles. The second kappa shape index (κ2) is 5.40.